The highest BCUT2D eigenvalue weighted by Crippen LogP contribution is 2.34. The van der Waals surface area contributed by atoms with Crippen LogP contribution in [0.2, 0.25) is 0 Å². The second-order valence-corrected chi connectivity index (χ2v) is 6.41. The van der Waals surface area contributed by atoms with Gasteiger partial charge in [0.2, 0.25) is 5.91 Å². The quantitative estimate of drug-likeness (QED) is 0.755. The van der Waals surface area contributed by atoms with Gasteiger partial charge in [-0.2, -0.15) is 5.10 Å². The van der Waals surface area contributed by atoms with Gasteiger partial charge in [-0.25, -0.2) is 5.01 Å². The number of hydrogen-bond donors (Lipinski definition) is 0. The Labute approximate surface area is 155 Å². The van der Waals surface area contributed by atoms with Crippen LogP contribution in [0.1, 0.15) is 56.3 Å². The summed E-state index contributed by atoms with van der Waals surface area (Å²) < 4.78 is 5.52. The Morgan fingerprint density at radius 2 is 1.77 bits per heavy atom. The van der Waals surface area contributed by atoms with Crippen LogP contribution in [0.5, 0.6) is 5.75 Å². The van der Waals surface area contributed by atoms with Gasteiger partial charge in [0.15, 0.2) is 0 Å². The normalized spacial score (nSPS) is 16.5. The third-order valence-corrected chi connectivity index (χ3v) is 4.74. The van der Waals surface area contributed by atoms with Gasteiger partial charge in [-0.1, -0.05) is 50.2 Å². The van der Waals surface area contributed by atoms with E-state index in [9.17, 15) is 4.79 Å². The van der Waals surface area contributed by atoms with Crippen LogP contribution in [0.25, 0.3) is 0 Å². The minimum absolute atomic E-state index is 0.0454. The summed E-state index contributed by atoms with van der Waals surface area (Å²) >= 11 is 0. The topological polar surface area (TPSA) is 41.9 Å². The lowest BCUT2D eigenvalue weighted by atomic mass is 9.97. The number of hydrogen-bond acceptors (Lipinski definition) is 3. The molecule has 4 heteroatoms. The molecule has 26 heavy (non-hydrogen) atoms. The fourth-order valence-electron chi connectivity index (χ4n) is 3.22. The number of hydrazone groups is 1. The zero-order chi connectivity index (χ0) is 18.5. The molecule has 1 aliphatic heterocycles. The van der Waals surface area contributed by atoms with Crippen LogP contribution in [-0.2, 0) is 11.2 Å². The Balaban J connectivity index is 1.87. The Bertz CT molecular complexity index is 779. The number of amides is 1. The summed E-state index contributed by atoms with van der Waals surface area (Å²) in [4.78, 5) is 12.4. The molecule has 0 N–H and O–H groups in total. The number of aryl methyl sites for hydroxylation is 1. The van der Waals surface area contributed by atoms with E-state index in [1.165, 1.54) is 5.56 Å². The predicted octanol–water partition coefficient (Wildman–Crippen LogP) is 4.74. The molecule has 0 bridgehead atoms. The van der Waals surface area contributed by atoms with Gasteiger partial charge in [0.05, 0.1) is 18.4 Å². The molecule has 1 aliphatic rings. The van der Waals surface area contributed by atoms with Crippen molar-refractivity contribution in [3.8, 4) is 5.75 Å². The van der Waals surface area contributed by atoms with Crippen molar-refractivity contribution in [3.05, 3.63) is 65.2 Å². The SMILES string of the molecule is CCOc1ccc([C@@H]2CC(c3ccc(CC)cc3)=NN2C(=O)CC)cc1. The van der Waals surface area contributed by atoms with Crippen LogP contribution >= 0.6 is 0 Å². The molecule has 1 heterocycles. The van der Waals surface area contributed by atoms with Crippen LogP contribution in [0.4, 0.5) is 0 Å². The molecule has 4 nitrogen and oxygen atoms in total. The third-order valence-electron chi connectivity index (χ3n) is 4.74. The molecular weight excluding hydrogens is 324 g/mol. The van der Waals surface area contributed by atoms with Crippen LogP contribution < -0.4 is 4.74 Å². The predicted molar refractivity (Wildman–Crippen MR) is 104 cm³/mol. The van der Waals surface area contributed by atoms with Gasteiger partial charge in [0.25, 0.3) is 0 Å². The summed E-state index contributed by atoms with van der Waals surface area (Å²) in [5.74, 6) is 0.892. The number of carbonyl (C=O) groups excluding carboxylic acids is 1. The van der Waals surface area contributed by atoms with Crippen molar-refractivity contribution in [2.24, 2.45) is 5.10 Å². The third kappa shape index (κ3) is 3.79. The lowest BCUT2D eigenvalue weighted by molar-refractivity contribution is -0.132. The molecule has 0 saturated carbocycles. The Morgan fingerprint density at radius 3 is 2.35 bits per heavy atom. The molecule has 2 aromatic carbocycles. The van der Waals surface area contributed by atoms with Gasteiger partial charge in [-0.15, -0.1) is 0 Å². The number of benzene rings is 2. The van der Waals surface area contributed by atoms with Gasteiger partial charge < -0.3 is 4.74 Å². The van der Waals surface area contributed by atoms with Crippen molar-refractivity contribution in [2.75, 3.05) is 6.61 Å². The molecule has 136 valence electrons. The smallest absolute Gasteiger partial charge is 0.242 e. The van der Waals surface area contributed by atoms with Crippen LogP contribution in [0.15, 0.2) is 53.6 Å². The first-order chi connectivity index (χ1) is 12.7. The summed E-state index contributed by atoms with van der Waals surface area (Å²) in [6.45, 7) is 6.63. The Morgan fingerprint density at radius 1 is 1.08 bits per heavy atom. The Kier molecular flexibility index (Phi) is 5.71. The molecule has 0 fully saturated rings. The highest BCUT2D eigenvalue weighted by atomic mass is 16.5. The monoisotopic (exact) mass is 350 g/mol. The highest BCUT2D eigenvalue weighted by Gasteiger charge is 2.32. The molecule has 1 atom stereocenters. The molecule has 0 aromatic heterocycles. The van der Waals surface area contributed by atoms with Crippen molar-refractivity contribution >= 4 is 11.6 Å². The van der Waals surface area contributed by atoms with Crippen LogP contribution in [0.3, 0.4) is 0 Å². The summed E-state index contributed by atoms with van der Waals surface area (Å²) in [6.07, 6.45) is 2.19. The van der Waals surface area contributed by atoms with E-state index in [4.69, 9.17) is 4.74 Å². The molecule has 0 radical (unpaired) electrons. The Hall–Kier alpha value is -2.62. The molecular formula is C22H26N2O2. The van der Waals surface area contributed by atoms with E-state index in [1.54, 1.807) is 5.01 Å². The number of nitrogens with zero attached hydrogens (tertiary/aromatic N) is 2. The zero-order valence-electron chi connectivity index (χ0n) is 15.7. The van der Waals surface area contributed by atoms with Gasteiger partial charge in [0, 0.05) is 12.8 Å². The summed E-state index contributed by atoms with van der Waals surface area (Å²) in [5, 5.41) is 6.32. The molecule has 0 aliphatic carbocycles. The largest absolute Gasteiger partial charge is 0.494 e. The van der Waals surface area contributed by atoms with Crippen LogP contribution in [0, 0.1) is 0 Å². The molecule has 0 spiro atoms. The summed E-state index contributed by atoms with van der Waals surface area (Å²) in [7, 11) is 0. The van der Waals surface area contributed by atoms with E-state index in [1.807, 2.05) is 38.1 Å². The van der Waals surface area contributed by atoms with Crippen molar-refractivity contribution in [1.82, 2.24) is 5.01 Å². The number of ether oxygens (including phenoxy) is 1. The molecule has 0 unspecified atom stereocenters. The minimum Gasteiger partial charge on any atom is -0.494 e. The molecule has 0 saturated heterocycles. The number of rotatable bonds is 6. The second kappa shape index (κ2) is 8.17. The first-order valence-electron chi connectivity index (χ1n) is 9.37. The summed E-state index contributed by atoms with van der Waals surface area (Å²) in [6, 6.07) is 16.4. The van der Waals surface area contributed by atoms with Crippen molar-refractivity contribution in [1.29, 1.82) is 0 Å². The van der Waals surface area contributed by atoms with E-state index in [0.717, 1.165) is 35.4 Å². The number of carbonyl (C=O) groups is 1. The lowest BCUT2D eigenvalue weighted by Crippen LogP contribution is -2.26. The van der Waals surface area contributed by atoms with E-state index in [2.05, 4.69) is 36.3 Å². The maximum Gasteiger partial charge on any atom is 0.242 e. The molecule has 2 aromatic rings. The van der Waals surface area contributed by atoms with Gasteiger partial charge >= 0.3 is 0 Å². The fourth-order valence-corrected chi connectivity index (χ4v) is 3.22. The van der Waals surface area contributed by atoms with E-state index < -0.39 is 0 Å². The van der Waals surface area contributed by atoms with Crippen molar-refractivity contribution in [3.63, 3.8) is 0 Å². The maximum atomic E-state index is 12.4. The van der Waals surface area contributed by atoms with Gasteiger partial charge in [-0.3, -0.25) is 4.79 Å². The van der Waals surface area contributed by atoms with Crippen molar-refractivity contribution in [2.45, 2.75) is 46.1 Å². The lowest BCUT2D eigenvalue weighted by Gasteiger charge is -2.21. The second-order valence-electron chi connectivity index (χ2n) is 6.41. The first-order valence-corrected chi connectivity index (χ1v) is 9.37. The minimum atomic E-state index is -0.0565. The maximum absolute atomic E-state index is 12.4. The van der Waals surface area contributed by atoms with Gasteiger partial charge in [-0.05, 0) is 42.2 Å². The van der Waals surface area contributed by atoms with E-state index in [-0.39, 0.29) is 11.9 Å². The van der Waals surface area contributed by atoms with Crippen molar-refractivity contribution < 1.29 is 9.53 Å². The highest BCUT2D eigenvalue weighted by molar-refractivity contribution is 6.03. The fraction of sp³-hybridized carbons (Fsp3) is 0.364. The van der Waals surface area contributed by atoms with E-state index in [0.29, 0.717) is 13.0 Å². The average molecular weight is 350 g/mol. The molecule has 3 rings (SSSR count). The average Bonchev–Trinajstić information content (AvgIpc) is 3.13. The summed E-state index contributed by atoms with van der Waals surface area (Å²) in [5.41, 5.74) is 4.44. The van der Waals surface area contributed by atoms with Crippen LogP contribution in [-0.4, -0.2) is 23.2 Å². The van der Waals surface area contributed by atoms with Gasteiger partial charge in [0.1, 0.15) is 5.75 Å². The standard InChI is InChI=1S/C22H26N2O2/c1-4-16-7-9-17(10-8-16)20-15-21(24(23-20)22(25)5-2)18-11-13-19(14-12-18)26-6-3/h7-14,21H,4-6,15H2,1-3H3/t21-/m0/s1. The first kappa shape index (κ1) is 18.2. The molecule has 1 amide bonds. The van der Waals surface area contributed by atoms with E-state index >= 15 is 0 Å². The zero-order valence-corrected chi connectivity index (χ0v) is 15.7.